The average Bonchev–Trinajstić information content (AvgIpc) is 3.02. The number of hydrogen-bond acceptors (Lipinski definition) is 2. The number of rotatable bonds is 2. The van der Waals surface area contributed by atoms with Crippen LogP contribution >= 0.6 is 11.6 Å². The van der Waals surface area contributed by atoms with Gasteiger partial charge in [0.25, 0.3) is 0 Å². The normalized spacial score (nSPS) is 33.6. The highest BCUT2D eigenvalue weighted by molar-refractivity contribution is 6.32. The van der Waals surface area contributed by atoms with E-state index >= 15 is 0 Å². The molecule has 0 aliphatic heterocycles. The van der Waals surface area contributed by atoms with Crippen molar-refractivity contribution in [3.8, 4) is 11.8 Å². The Morgan fingerprint density at radius 2 is 1.90 bits per heavy atom. The molecule has 0 saturated heterocycles. The lowest BCUT2D eigenvalue weighted by molar-refractivity contribution is -0.904. The summed E-state index contributed by atoms with van der Waals surface area (Å²) in [5, 5.41) is 22.3. The van der Waals surface area contributed by atoms with Gasteiger partial charge in [-0.2, -0.15) is 0 Å². The number of fused-ring (bicyclic) bond motifs is 5. The Morgan fingerprint density at radius 3 is 2.65 bits per heavy atom. The van der Waals surface area contributed by atoms with Crippen molar-refractivity contribution in [3.05, 3.63) is 63.9 Å². The van der Waals surface area contributed by atoms with Crippen molar-refractivity contribution in [1.29, 1.82) is 0 Å². The Kier molecular flexibility index (Phi) is 5.07. The quantitative estimate of drug-likeness (QED) is 0.392. The summed E-state index contributed by atoms with van der Waals surface area (Å²) in [6, 6.07) is 8.20. The second kappa shape index (κ2) is 7.54. The SMILES string of the molecule is CC#Cc1ccc2c(c1Cl)CCC1C2CC[C@@]2(C)C1CC[C@@]2(O)Cc1cc[n+](O)cc1. The molecule has 2 saturated carbocycles. The van der Waals surface area contributed by atoms with E-state index in [1.54, 1.807) is 12.4 Å². The van der Waals surface area contributed by atoms with E-state index in [2.05, 4.69) is 30.9 Å². The molecule has 3 nitrogen and oxygen atoms in total. The maximum atomic E-state index is 11.9. The Morgan fingerprint density at radius 1 is 1.13 bits per heavy atom. The van der Waals surface area contributed by atoms with E-state index in [0.717, 1.165) is 59.4 Å². The monoisotopic (exact) mass is 436 g/mol. The molecule has 3 aliphatic rings. The number of halogens is 1. The number of hydrogen-bond donors (Lipinski definition) is 2. The Labute approximate surface area is 190 Å². The third kappa shape index (κ3) is 3.19. The highest BCUT2D eigenvalue weighted by atomic mass is 35.5. The molecule has 1 aromatic heterocycles. The van der Waals surface area contributed by atoms with Gasteiger partial charge in [-0.05, 0) is 91.4 Å². The van der Waals surface area contributed by atoms with Crippen LogP contribution in [0.4, 0.5) is 0 Å². The predicted octanol–water partition coefficient (Wildman–Crippen LogP) is 5.07. The maximum Gasteiger partial charge on any atom is 0.222 e. The highest BCUT2D eigenvalue weighted by Gasteiger charge is 2.61. The molecule has 0 bridgehead atoms. The Hall–Kier alpha value is -2.02. The van der Waals surface area contributed by atoms with E-state index in [0.29, 0.717) is 24.2 Å². The molecule has 5 atom stereocenters. The van der Waals surface area contributed by atoms with Crippen molar-refractivity contribution in [2.24, 2.45) is 17.3 Å². The van der Waals surface area contributed by atoms with Crippen LogP contribution in [0.3, 0.4) is 0 Å². The molecule has 31 heavy (non-hydrogen) atoms. The molecular weight excluding hydrogens is 406 g/mol. The van der Waals surface area contributed by atoms with Gasteiger partial charge in [-0.1, -0.05) is 30.5 Å². The summed E-state index contributed by atoms with van der Waals surface area (Å²) >= 11 is 6.76. The van der Waals surface area contributed by atoms with E-state index < -0.39 is 5.60 Å². The van der Waals surface area contributed by atoms with Crippen molar-refractivity contribution >= 4 is 11.6 Å². The van der Waals surface area contributed by atoms with Gasteiger partial charge in [0.05, 0.1) is 10.6 Å². The first-order valence-electron chi connectivity index (χ1n) is 11.5. The largest absolute Gasteiger partial charge is 0.389 e. The third-order valence-corrected chi connectivity index (χ3v) is 9.24. The lowest BCUT2D eigenvalue weighted by Crippen LogP contribution is -2.52. The first-order chi connectivity index (χ1) is 14.9. The summed E-state index contributed by atoms with van der Waals surface area (Å²) in [6.07, 6.45) is 10.2. The van der Waals surface area contributed by atoms with Crippen molar-refractivity contribution < 1.29 is 15.0 Å². The predicted molar refractivity (Wildman–Crippen MR) is 121 cm³/mol. The van der Waals surface area contributed by atoms with E-state index in [-0.39, 0.29) is 5.41 Å². The minimum absolute atomic E-state index is 0.0753. The van der Waals surface area contributed by atoms with Crippen LogP contribution in [0.1, 0.15) is 74.1 Å². The molecular formula is C27H31ClNO2+. The highest BCUT2D eigenvalue weighted by Crippen LogP contribution is 2.65. The number of nitrogens with zero attached hydrogens (tertiary/aromatic N) is 1. The molecule has 162 valence electrons. The molecule has 0 radical (unpaired) electrons. The zero-order valence-electron chi connectivity index (χ0n) is 18.4. The molecule has 2 aromatic rings. The summed E-state index contributed by atoms with van der Waals surface area (Å²) in [5.41, 5.74) is 4.00. The van der Waals surface area contributed by atoms with Gasteiger partial charge in [-0.15, -0.1) is 5.92 Å². The topological polar surface area (TPSA) is 44.3 Å². The van der Waals surface area contributed by atoms with Crippen LogP contribution in [-0.2, 0) is 12.8 Å². The molecule has 1 heterocycles. The van der Waals surface area contributed by atoms with Crippen LogP contribution in [0.25, 0.3) is 0 Å². The van der Waals surface area contributed by atoms with Crippen LogP contribution in [0.2, 0.25) is 5.02 Å². The fraction of sp³-hybridized carbons (Fsp3) is 0.519. The fourth-order valence-electron chi connectivity index (χ4n) is 7.16. The Bertz CT molecular complexity index is 1070. The van der Waals surface area contributed by atoms with Crippen molar-refractivity contribution in [2.75, 3.05) is 0 Å². The first kappa shape index (κ1) is 20.9. The molecule has 0 amide bonds. The second-order valence-electron chi connectivity index (χ2n) is 10.1. The molecule has 3 unspecified atom stereocenters. The van der Waals surface area contributed by atoms with Crippen LogP contribution < -0.4 is 4.73 Å². The fourth-order valence-corrected chi connectivity index (χ4v) is 7.48. The van der Waals surface area contributed by atoms with Gasteiger partial charge in [0, 0.05) is 28.8 Å². The van der Waals surface area contributed by atoms with E-state index in [4.69, 9.17) is 11.6 Å². The van der Waals surface area contributed by atoms with Gasteiger partial charge in [0.15, 0.2) is 0 Å². The molecule has 2 N–H and O–H groups in total. The average molecular weight is 437 g/mol. The molecule has 5 rings (SSSR count). The second-order valence-corrected chi connectivity index (χ2v) is 10.5. The summed E-state index contributed by atoms with van der Waals surface area (Å²) in [5.74, 6) is 7.80. The van der Waals surface area contributed by atoms with Crippen molar-refractivity contribution in [2.45, 2.75) is 70.3 Å². The van der Waals surface area contributed by atoms with E-state index in [1.165, 1.54) is 11.1 Å². The number of pyridine rings is 1. The van der Waals surface area contributed by atoms with E-state index in [1.807, 2.05) is 19.1 Å². The number of aliphatic hydroxyl groups is 1. The number of benzene rings is 1. The Balaban J connectivity index is 1.44. The summed E-state index contributed by atoms with van der Waals surface area (Å²) < 4.78 is 1.06. The van der Waals surface area contributed by atoms with Gasteiger partial charge in [0.2, 0.25) is 12.4 Å². The summed E-state index contributed by atoms with van der Waals surface area (Å²) in [6.45, 7) is 4.19. The smallest absolute Gasteiger partial charge is 0.222 e. The molecule has 3 aliphatic carbocycles. The molecule has 1 aromatic carbocycles. The van der Waals surface area contributed by atoms with Crippen molar-refractivity contribution in [1.82, 2.24) is 0 Å². The van der Waals surface area contributed by atoms with Crippen LogP contribution in [-0.4, -0.2) is 15.9 Å². The zero-order valence-corrected chi connectivity index (χ0v) is 19.1. The van der Waals surface area contributed by atoms with Crippen molar-refractivity contribution in [3.63, 3.8) is 0 Å². The van der Waals surface area contributed by atoms with Gasteiger partial charge in [-0.3, -0.25) is 5.21 Å². The third-order valence-electron chi connectivity index (χ3n) is 8.80. The molecule has 2 fully saturated rings. The lowest BCUT2D eigenvalue weighted by atomic mass is 9.52. The van der Waals surface area contributed by atoms with E-state index in [9.17, 15) is 10.3 Å². The number of aromatic nitrogens is 1. The van der Waals surface area contributed by atoms with Crippen LogP contribution in [0.15, 0.2) is 36.7 Å². The standard InChI is InChI=1S/C27H31ClNO2/c1-3-4-19-5-6-20-21-9-13-26(2)24(22(21)7-8-23(20)25(19)28)10-14-27(26,30)17-18-11-15-29(31)16-12-18/h5-6,11-12,15-16,21-22,24,30-31H,7-10,13-14,17H2,1-2H3/q+1/t21?,22?,24?,26-,27+/m0/s1. The molecule has 4 heteroatoms. The summed E-state index contributed by atoms with van der Waals surface area (Å²) in [7, 11) is 0. The summed E-state index contributed by atoms with van der Waals surface area (Å²) in [4.78, 5) is 0. The molecule has 0 spiro atoms. The zero-order chi connectivity index (χ0) is 21.8. The van der Waals surface area contributed by atoms with Gasteiger partial charge in [-0.25, -0.2) is 0 Å². The van der Waals surface area contributed by atoms with Crippen LogP contribution in [0, 0.1) is 29.1 Å². The minimum atomic E-state index is -0.692. The van der Waals surface area contributed by atoms with Crippen LogP contribution in [0.5, 0.6) is 0 Å². The lowest BCUT2D eigenvalue weighted by Gasteiger charge is -2.53. The van der Waals surface area contributed by atoms with Gasteiger partial charge >= 0.3 is 0 Å². The van der Waals surface area contributed by atoms with Gasteiger partial charge in [0.1, 0.15) is 0 Å². The van der Waals surface area contributed by atoms with Gasteiger partial charge < -0.3 is 5.11 Å². The maximum absolute atomic E-state index is 11.9. The first-order valence-corrected chi connectivity index (χ1v) is 11.9. The minimum Gasteiger partial charge on any atom is -0.389 e.